The SMILES string of the molecule is CCC(C)C(N)C(=O)NC(C(=O)NC(CS)C(=O)NC(CS)C(=O)O)C(C)CC. The number of hydrogen-bond donors (Lipinski definition) is 7. The number of thiol groups is 2. The summed E-state index contributed by atoms with van der Waals surface area (Å²) in [6.45, 7) is 7.45. The van der Waals surface area contributed by atoms with Gasteiger partial charge in [-0.05, 0) is 11.8 Å². The van der Waals surface area contributed by atoms with Crippen LogP contribution in [0.25, 0.3) is 0 Å². The van der Waals surface area contributed by atoms with Gasteiger partial charge in [0, 0.05) is 11.5 Å². The molecule has 3 amide bonds. The van der Waals surface area contributed by atoms with Crippen molar-refractivity contribution in [2.24, 2.45) is 17.6 Å². The molecule has 0 aliphatic heterocycles. The number of nitrogens with two attached hydrogens (primary N) is 1. The summed E-state index contributed by atoms with van der Waals surface area (Å²) < 4.78 is 0. The Morgan fingerprint density at radius 2 is 1.31 bits per heavy atom. The first-order chi connectivity index (χ1) is 13.5. The summed E-state index contributed by atoms with van der Waals surface area (Å²) in [5, 5.41) is 16.6. The average Bonchev–Trinajstić information content (AvgIpc) is 2.71. The summed E-state index contributed by atoms with van der Waals surface area (Å²) >= 11 is 7.96. The fourth-order valence-corrected chi connectivity index (χ4v) is 2.88. The number of nitrogens with one attached hydrogen (secondary N) is 3. The molecule has 0 aromatic carbocycles. The Morgan fingerprint density at radius 1 is 0.828 bits per heavy atom. The van der Waals surface area contributed by atoms with E-state index in [4.69, 9.17) is 10.8 Å². The Balaban J connectivity index is 5.26. The van der Waals surface area contributed by atoms with Gasteiger partial charge in [-0.25, -0.2) is 4.79 Å². The number of aliphatic carboxylic acids is 1. The number of hydrogen-bond acceptors (Lipinski definition) is 7. The Kier molecular flexibility index (Phi) is 13.0. The van der Waals surface area contributed by atoms with Crippen LogP contribution in [0.4, 0.5) is 0 Å². The molecule has 0 bridgehead atoms. The first kappa shape index (κ1) is 27.5. The van der Waals surface area contributed by atoms with Gasteiger partial charge in [0.05, 0.1) is 6.04 Å². The van der Waals surface area contributed by atoms with Crippen molar-refractivity contribution in [3.05, 3.63) is 0 Å². The van der Waals surface area contributed by atoms with Gasteiger partial charge in [-0.15, -0.1) is 0 Å². The van der Waals surface area contributed by atoms with Crippen molar-refractivity contribution in [1.29, 1.82) is 0 Å². The maximum absolute atomic E-state index is 12.8. The molecule has 11 heteroatoms. The van der Waals surface area contributed by atoms with Crippen LogP contribution in [-0.4, -0.2) is 64.5 Å². The third kappa shape index (κ3) is 8.83. The highest BCUT2D eigenvalue weighted by Crippen LogP contribution is 2.11. The number of carboxylic acids is 1. The standard InChI is InChI=1S/C18H34N4O5S2/c1-5-9(3)13(19)16(24)22-14(10(4)6-2)17(25)20-11(7-28)15(23)21-12(8-29)18(26)27/h9-14,28-29H,5-8,19H2,1-4H3,(H,20,25)(H,21,23)(H,22,24)(H,26,27). The van der Waals surface area contributed by atoms with Crippen LogP contribution in [0.15, 0.2) is 0 Å². The zero-order valence-electron chi connectivity index (χ0n) is 17.3. The van der Waals surface area contributed by atoms with Gasteiger partial charge in [0.2, 0.25) is 17.7 Å². The summed E-state index contributed by atoms with van der Waals surface area (Å²) in [7, 11) is 0. The molecule has 29 heavy (non-hydrogen) atoms. The number of carboxylic acid groups (broad SMARTS) is 1. The minimum absolute atomic E-state index is 0.0515. The van der Waals surface area contributed by atoms with Crippen LogP contribution < -0.4 is 21.7 Å². The third-order valence-electron chi connectivity index (χ3n) is 4.97. The summed E-state index contributed by atoms with van der Waals surface area (Å²) in [4.78, 5) is 48.6. The quantitative estimate of drug-likeness (QED) is 0.193. The van der Waals surface area contributed by atoms with E-state index in [9.17, 15) is 19.2 Å². The molecule has 0 aromatic heterocycles. The molecular formula is C18H34N4O5S2. The number of rotatable bonds is 13. The van der Waals surface area contributed by atoms with Crippen molar-refractivity contribution in [3.63, 3.8) is 0 Å². The highest BCUT2D eigenvalue weighted by atomic mass is 32.1. The molecule has 6 unspecified atom stereocenters. The molecular weight excluding hydrogens is 416 g/mol. The molecule has 0 aliphatic carbocycles. The fraction of sp³-hybridized carbons (Fsp3) is 0.778. The van der Waals surface area contributed by atoms with E-state index >= 15 is 0 Å². The molecule has 0 saturated heterocycles. The summed E-state index contributed by atoms with van der Waals surface area (Å²) in [6.07, 6.45) is 1.32. The van der Waals surface area contributed by atoms with Crippen molar-refractivity contribution in [2.75, 3.05) is 11.5 Å². The monoisotopic (exact) mass is 450 g/mol. The Labute approximate surface area is 183 Å². The molecule has 9 nitrogen and oxygen atoms in total. The van der Waals surface area contributed by atoms with E-state index in [1.165, 1.54) is 0 Å². The second-order valence-corrected chi connectivity index (χ2v) is 7.84. The van der Waals surface area contributed by atoms with E-state index in [1.54, 1.807) is 6.92 Å². The molecule has 0 saturated carbocycles. The second-order valence-electron chi connectivity index (χ2n) is 7.11. The van der Waals surface area contributed by atoms with Crippen LogP contribution in [0.5, 0.6) is 0 Å². The Hall–Kier alpha value is -1.46. The minimum Gasteiger partial charge on any atom is -0.480 e. The average molecular weight is 451 g/mol. The smallest absolute Gasteiger partial charge is 0.327 e. The van der Waals surface area contributed by atoms with Crippen LogP contribution in [-0.2, 0) is 19.2 Å². The van der Waals surface area contributed by atoms with Crippen molar-refractivity contribution in [2.45, 2.75) is 64.7 Å². The van der Waals surface area contributed by atoms with Crippen LogP contribution >= 0.6 is 25.3 Å². The van der Waals surface area contributed by atoms with E-state index in [1.807, 2.05) is 20.8 Å². The fourth-order valence-electron chi connectivity index (χ4n) is 2.38. The highest BCUT2D eigenvalue weighted by Gasteiger charge is 2.32. The maximum Gasteiger partial charge on any atom is 0.327 e. The maximum atomic E-state index is 12.8. The van der Waals surface area contributed by atoms with Crippen LogP contribution in [0.2, 0.25) is 0 Å². The second kappa shape index (κ2) is 13.7. The van der Waals surface area contributed by atoms with Gasteiger partial charge >= 0.3 is 5.97 Å². The summed E-state index contributed by atoms with van der Waals surface area (Å²) in [5.74, 6) is -3.35. The van der Waals surface area contributed by atoms with E-state index in [0.717, 1.165) is 0 Å². The summed E-state index contributed by atoms with van der Waals surface area (Å²) in [6, 6.07) is -3.91. The number of carbonyl (C=O) groups excluding carboxylic acids is 3. The van der Waals surface area contributed by atoms with Gasteiger partial charge in [0.15, 0.2) is 0 Å². The number of carbonyl (C=O) groups is 4. The molecule has 0 aliphatic rings. The predicted octanol–water partition coefficient (Wildman–Crippen LogP) is -0.195. The summed E-state index contributed by atoms with van der Waals surface area (Å²) in [5.41, 5.74) is 5.95. The molecule has 6 N–H and O–H groups in total. The molecule has 0 aromatic rings. The lowest BCUT2D eigenvalue weighted by Crippen LogP contribution is -2.59. The first-order valence-corrected chi connectivity index (χ1v) is 10.9. The van der Waals surface area contributed by atoms with Crippen molar-refractivity contribution in [3.8, 4) is 0 Å². The predicted molar refractivity (Wildman–Crippen MR) is 118 cm³/mol. The van der Waals surface area contributed by atoms with E-state index < -0.39 is 47.9 Å². The lowest BCUT2D eigenvalue weighted by molar-refractivity contribution is -0.141. The molecule has 0 fully saturated rings. The van der Waals surface area contributed by atoms with Crippen molar-refractivity contribution < 1.29 is 24.3 Å². The third-order valence-corrected chi connectivity index (χ3v) is 5.70. The van der Waals surface area contributed by atoms with Gasteiger partial charge in [-0.1, -0.05) is 40.5 Å². The van der Waals surface area contributed by atoms with E-state index in [2.05, 4.69) is 41.2 Å². The Morgan fingerprint density at radius 3 is 1.72 bits per heavy atom. The molecule has 168 valence electrons. The van der Waals surface area contributed by atoms with Gasteiger partial charge in [-0.3, -0.25) is 14.4 Å². The van der Waals surface area contributed by atoms with Crippen LogP contribution in [0, 0.1) is 11.8 Å². The molecule has 0 spiro atoms. The zero-order valence-corrected chi connectivity index (χ0v) is 19.1. The van der Waals surface area contributed by atoms with Gasteiger partial charge in [0.25, 0.3) is 0 Å². The van der Waals surface area contributed by atoms with Gasteiger partial charge < -0.3 is 26.8 Å². The van der Waals surface area contributed by atoms with E-state index in [-0.39, 0.29) is 23.3 Å². The van der Waals surface area contributed by atoms with Crippen LogP contribution in [0.1, 0.15) is 40.5 Å². The molecule has 0 heterocycles. The minimum atomic E-state index is -1.23. The van der Waals surface area contributed by atoms with Crippen LogP contribution in [0.3, 0.4) is 0 Å². The van der Waals surface area contributed by atoms with Gasteiger partial charge in [0.1, 0.15) is 18.1 Å². The van der Waals surface area contributed by atoms with Crippen molar-refractivity contribution in [1.82, 2.24) is 16.0 Å². The normalized spacial score (nSPS) is 17.2. The molecule has 6 atom stereocenters. The largest absolute Gasteiger partial charge is 0.480 e. The van der Waals surface area contributed by atoms with Crippen molar-refractivity contribution >= 4 is 48.9 Å². The Bertz CT molecular complexity index is 578. The zero-order chi connectivity index (χ0) is 22.7. The lowest BCUT2D eigenvalue weighted by Gasteiger charge is -2.28. The highest BCUT2D eigenvalue weighted by molar-refractivity contribution is 7.80. The first-order valence-electron chi connectivity index (χ1n) is 9.65. The van der Waals surface area contributed by atoms with Gasteiger partial charge in [-0.2, -0.15) is 25.3 Å². The topological polar surface area (TPSA) is 151 Å². The molecule has 0 radical (unpaired) electrons. The number of amides is 3. The van der Waals surface area contributed by atoms with E-state index in [0.29, 0.717) is 12.8 Å². The molecule has 0 rings (SSSR count). The lowest BCUT2D eigenvalue weighted by atomic mass is 9.95.